The van der Waals surface area contributed by atoms with E-state index in [9.17, 15) is 4.79 Å². The van der Waals surface area contributed by atoms with Crippen LogP contribution >= 0.6 is 0 Å². The number of carbonyl (C=O) groups is 1. The van der Waals surface area contributed by atoms with E-state index >= 15 is 0 Å². The summed E-state index contributed by atoms with van der Waals surface area (Å²) in [6.45, 7) is 2.08. The van der Waals surface area contributed by atoms with Gasteiger partial charge in [-0.2, -0.15) is 0 Å². The zero-order valence-electron chi connectivity index (χ0n) is 8.02. The summed E-state index contributed by atoms with van der Waals surface area (Å²) in [5.41, 5.74) is 0. The van der Waals surface area contributed by atoms with E-state index in [0.29, 0.717) is 6.54 Å². The van der Waals surface area contributed by atoms with Crippen LogP contribution in [0.15, 0.2) is 0 Å². The molecule has 3 N–H and O–H groups in total. The average molecular weight is 212 g/mol. The molecule has 0 saturated carbocycles. The number of quaternary nitrogens is 1. The number of likely N-dealkylation sites (N-methyl/N-ethyl adjacent to an activating group) is 1. The molecule has 7 heteroatoms. The zero-order chi connectivity index (χ0) is 11.1. The van der Waals surface area contributed by atoms with Gasteiger partial charge in [0.2, 0.25) is 0 Å². The van der Waals surface area contributed by atoms with E-state index in [4.69, 9.17) is 13.9 Å². The van der Waals surface area contributed by atoms with Crippen molar-refractivity contribution in [3.05, 3.63) is 0 Å². The van der Waals surface area contributed by atoms with Gasteiger partial charge in [0.1, 0.15) is 6.54 Å². The first kappa shape index (κ1) is 15.1. The lowest BCUT2D eigenvalue weighted by Gasteiger charge is -2.23. The molecule has 0 radical (unpaired) electrons. The first-order valence-corrected chi connectivity index (χ1v) is 4.66. The number of aliphatic hydroxyl groups is 1. The summed E-state index contributed by atoms with van der Waals surface area (Å²) in [4.78, 5) is 10.7. The van der Waals surface area contributed by atoms with E-state index in [2.05, 4.69) is 5.14 Å². The molecule has 0 aliphatic heterocycles. The van der Waals surface area contributed by atoms with Crippen molar-refractivity contribution in [2.75, 3.05) is 27.2 Å². The molecule has 0 fully saturated rings. The van der Waals surface area contributed by atoms with Crippen LogP contribution in [0.5, 0.6) is 0 Å². The molecule has 6 nitrogen and oxygen atoms in total. The quantitative estimate of drug-likeness (QED) is 0.422. The minimum Gasteiger partial charge on any atom is -0.760 e. The first-order chi connectivity index (χ1) is 5.74. The molecule has 13 heavy (non-hydrogen) atoms. The summed E-state index contributed by atoms with van der Waals surface area (Å²) < 4.78 is 17.8. The maximum Gasteiger partial charge on any atom is 0.310 e. The molecule has 0 rings (SSSR count). The Kier molecular flexibility index (Phi) is 8.27. The summed E-state index contributed by atoms with van der Waals surface area (Å²) in [5, 5.41) is 12.5. The summed E-state index contributed by atoms with van der Waals surface area (Å²) in [7, 11) is 3.55. The minimum absolute atomic E-state index is 0.0621. The van der Waals surface area contributed by atoms with E-state index in [1.54, 1.807) is 14.1 Å². The van der Waals surface area contributed by atoms with Crippen LogP contribution in [0.2, 0.25) is 0 Å². The molecule has 0 saturated heterocycles. The van der Waals surface area contributed by atoms with Gasteiger partial charge < -0.3 is 9.66 Å². The molecule has 0 aromatic carbocycles. The molecule has 1 unspecified atom stereocenters. The molecule has 1 amide bonds. The number of rotatable bonds is 2. The molecule has 0 spiro atoms. The van der Waals surface area contributed by atoms with Crippen LogP contribution < -0.4 is 5.14 Å². The van der Waals surface area contributed by atoms with E-state index < -0.39 is 11.3 Å². The molecule has 0 heterocycles. The lowest BCUT2D eigenvalue weighted by molar-refractivity contribution is -0.813. The Balaban J connectivity index is 0. The monoisotopic (exact) mass is 212 g/mol. The van der Waals surface area contributed by atoms with Crippen LogP contribution in [-0.4, -0.2) is 51.5 Å². The summed E-state index contributed by atoms with van der Waals surface area (Å²) in [6.07, 6.45) is 0. The summed E-state index contributed by atoms with van der Waals surface area (Å²) in [5.74, 6) is 0.0732. The van der Waals surface area contributed by atoms with Crippen LogP contribution in [0.25, 0.3) is 0 Å². The molecule has 0 aliphatic carbocycles. The Morgan fingerprint density at radius 1 is 1.62 bits per heavy atom. The highest BCUT2D eigenvalue weighted by Crippen LogP contribution is 1.94. The SMILES string of the molecule is CC(=O)[N+](C)(C)CCO.NS(=O)[O-]. The number of nitrogens with two attached hydrogens (primary N) is 1. The minimum atomic E-state index is -2.36. The van der Waals surface area contributed by atoms with E-state index in [1.807, 2.05) is 0 Å². The van der Waals surface area contributed by atoms with Gasteiger partial charge >= 0.3 is 5.91 Å². The number of hydrogen-bond donors (Lipinski definition) is 2. The Morgan fingerprint density at radius 2 is 1.92 bits per heavy atom. The van der Waals surface area contributed by atoms with Crippen molar-refractivity contribution in [2.45, 2.75) is 6.92 Å². The van der Waals surface area contributed by atoms with Crippen LogP contribution in [-0.2, 0) is 16.1 Å². The van der Waals surface area contributed by atoms with Crippen LogP contribution in [0.4, 0.5) is 0 Å². The van der Waals surface area contributed by atoms with Gasteiger partial charge in [0.25, 0.3) is 0 Å². The zero-order valence-corrected chi connectivity index (χ0v) is 8.84. The smallest absolute Gasteiger partial charge is 0.310 e. The molecule has 0 aliphatic rings. The number of nitrogens with zero attached hydrogens (tertiary/aromatic N) is 1. The lowest BCUT2D eigenvalue weighted by atomic mass is 10.4. The van der Waals surface area contributed by atoms with Crippen LogP contribution in [0, 0.1) is 0 Å². The van der Waals surface area contributed by atoms with Gasteiger partial charge in [0.05, 0.1) is 27.6 Å². The first-order valence-electron chi connectivity index (χ1n) is 3.52. The third-order valence-electron chi connectivity index (χ3n) is 1.51. The van der Waals surface area contributed by atoms with Gasteiger partial charge in [-0.1, -0.05) is 0 Å². The molecule has 0 aromatic rings. The van der Waals surface area contributed by atoms with Gasteiger partial charge in [0.15, 0.2) is 0 Å². The van der Waals surface area contributed by atoms with Crippen LogP contribution in [0.1, 0.15) is 6.92 Å². The highest BCUT2D eigenvalue weighted by atomic mass is 32.2. The van der Waals surface area contributed by atoms with E-state index in [0.717, 1.165) is 0 Å². The largest absolute Gasteiger partial charge is 0.760 e. The third-order valence-corrected chi connectivity index (χ3v) is 1.51. The second-order valence-electron chi connectivity index (χ2n) is 2.91. The standard InChI is InChI=1S/C6H14NO2.H3NO2S/c1-6(9)7(2,3)4-5-8;1-4(2)3/h8H,4-5H2,1-3H3;1H2,(H,2,3)/q+1;/p-1. The Morgan fingerprint density at radius 3 is 2.00 bits per heavy atom. The molecule has 0 aromatic heterocycles. The van der Waals surface area contributed by atoms with Crippen molar-refractivity contribution in [3.63, 3.8) is 0 Å². The number of hydrogen-bond acceptors (Lipinski definition) is 4. The second kappa shape index (κ2) is 7.10. The molecule has 0 bridgehead atoms. The fourth-order valence-corrected chi connectivity index (χ4v) is 0.407. The van der Waals surface area contributed by atoms with Crippen molar-refractivity contribution >= 4 is 17.2 Å². The van der Waals surface area contributed by atoms with Gasteiger partial charge in [-0.25, -0.2) is 4.79 Å². The molecular weight excluding hydrogens is 196 g/mol. The van der Waals surface area contributed by atoms with Gasteiger partial charge in [-0.05, 0) is 0 Å². The van der Waals surface area contributed by atoms with Crippen molar-refractivity contribution in [1.29, 1.82) is 0 Å². The topological polar surface area (TPSA) is 103 Å². The van der Waals surface area contributed by atoms with E-state index in [1.165, 1.54) is 6.92 Å². The molecular formula is C6H16N2O4S. The highest BCUT2D eigenvalue weighted by molar-refractivity contribution is 7.76. The molecule has 80 valence electrons. The van der Waals surface area contributed by atoms with Crippen molar-refractivity contribution in [1.82, 2.24) is 0 Å². The fraction of sp³-hybridized carbons (Fsp3) is 0.833. The second-order valence-corrected chi connectivity index (χ2v) is 3.43. The number of carbonyl (C=O) groups excluding carboxylic acids is 1. The van der Waals surface area contributed by atoms with Crippen molar-refractivity contribution in [3.8, 4) is 0 Å². The van der Waals surface area contributed by atoms with Gasteiger partial charge in [-0.3, -0.25) is 13.8 Å². The number of aliphatic hydroxyl groups excluding tert-OH is 1. The maximum absolute atomic E-state index is 10.7. The van der Waals surface area contributed by atoms with Crippen LogP contribution in [0.3, 0.4) is 0 Å². The predicted octanol–water partition coefficient (Wildman–Crippen LogP) is -1.66. The Hall–Kier alpha value is -0.340. The summed E-state index contributed by atoms with van der Waals surface area (Å²) in [6, 6.07) is 0. The van der Waals surface area contributed by atoms with Crippen molar-refractivity contribution in [2.24, 2.45) is 5.14 Å². The Bertz CT molecular complexity index is 179. The van der Waals surface area contributed by atoms with E-state index in [-0.39, 0.29) is 17.0 Å². The fourth-order valence-electron chi connectivity index (χ4n) is 0.407. The van der Waals surface area contributed by atoms with Crippen molar-refractivity contribution < 1.29 is 23.1 Å². The lowest BCUT2D eigenvalue weighted by Crippen LogP contribution is -2.45. The van der Waals surface area contributed by atoms with Gasteiger partial charge in [-0.15, -0.1) is 0 Å². The number of amides is 1. The Labute approximate surface area is 80.3 Å². The normalized spacial score (nSPS) is 12.8. The third kappa shape index (κ3) is 11.7. The molecule has 1 atom stereocenters. The summed E-state index contributed by atoms with van der Waals surface area (Å²) >= 11 is -2.36. The average Bonchev–Trinajstić information content (AvgIpc) is 1.85. The maximum atomic E-state index is 10.7. The highest BCUT2D eigenvalue weighted by Gasteiger charge is 2.19. The predicted molar refractivity (Wildman–Crippen MR) is 47.8 cm³/mol. The van der Waals surface area contributed by atoms with Gasteiger partial charge in [0, 0.05) is 11.3 Å².